The van der Waals surface area contributed by atoms with E-state index in [0.717, 1.165) is 11.3 Å². The number of methoxy groups -OCH3 is 1. The molecule has 1 amide bonds. The molecular formula is C20H24N4O4S. The Balaban J connectivity index is 1.76. The molecule has 1 N–H and O–H groups in total. The highest BCUT2D eigenvalue weighted by atomic mass is 32.2. The number of ether oxygens (including phenoxy) is 3. The molecule has 154 valence electrons. The third kappa shape index (κ3) is 7.85. The number of azide groups is 1. The summed E-state index contributed by atoms with van der Waals surface area (Å²) in [5.74, 6) is 1.72. The van der Waals surface area contributed by atoms with Gasteiger partial charge in [-0.3, -0.25) is 4.79 Å². The third-order valence-corrected chi connectivity index (χ3v) is 4.60. The molecule has 0 aromatic heterocycles. The second-order valence-corrected chi connectivity index (χ2v) is 6.72. The average molecular weight is 417 g/mol. The second kappa shape index (κ2) is 12.4. The summed E-state index contributed by atoms with van der Waals surface area (Å²) < 4.78 is 16.4. The summed E-state index contributed by atoms with van der Waals surface area (Å²) in [6.07, 6.45) is 2.24. The number of thioether (sulfide) groups is 1. The third-order valence-electron chi connectivity index (χ3n) is 3.86. The Bertz CT molecular complexity index is 839. The number of carbonyl (C=O) groups is 1. The zero-order chi connectivity index (χ0) is 20.9. The summed E-state index contributed by atoms with van der Waals surface area (Å²) in [4.78, 5) is 16.0. The monoisotopic (exact) mass is 416 g/mol. The highest BCUT2D eigenvalue weighted by Gasteiger charge is 2.09. The van der Waals surface area contributed by atoms with Gasteiger partial charge in [0.2, 0.25) is 5.91 Å². The highest BCUT2D eigenvalue weighted by molar-refractivity contribution is 7.98. The van der Waals surface area contributed by atoms with E-state index in [1.165, 1.54) is 12.0 Å². The van der Waals surface area contributed by atoms with Crippen molar-refractivity contribution in [2.75, 3.05) is 39.7 Å². The van der Waals surface area contributed by atoms with Gasteiger partial charge in [0.25, 0.3) is 0 Å². The van der Waals surface area contributed by atoms with E-state index in [1.807, 2.05) is 30.5 Å². The summed E-state index contributed by atoms with van der Waals surface area (Å²) in [5, 5.41) is 6.25. The fourth-order valence-corrected chi connectivity index (χ4v) is 2.87. The summed E-state index contributed by atoms with van der Waals surface area (Å²) in [6, 6.07) is 13.1. The molecule has 0 aliphatic heterocycles. The van der Waals surface area contributed by atoms with Gasteiger partial charge >= 0.3 is 0 Å². The van der Waals surface area contributed by atoms with E-state index in [9.17, 15) is 4.79 Å². The Morgan fingerprint density at radius 2 is 1.93 bits per heavy atom. The predicted octanol–water partition coefficient (Wildman–Crippen LogP) is 3.84. The number of hydrogen-bond donors (Lipinski definition) is 1. The summed E-state index contributed by atoms with van der Waals surface area (Å²) in [7, 11) is 1.53. The van der Waals surface area contributed by atoms with Crippen molar-refractivity contribution in [2.24, 2.45) is 5.11 Å². The van der Waals surface area contributed by atoms with Crippen molar-refractivity contribution in [3.05, 3.63) is 58.5 Å². The number of benzene rings is 2. The van der Waals surface area contributed by atoms with Crippen molar-refractivity contribution in [1.29, 1.82) is 0 Å². The lowest BCUT2D eigenvalue weighted by Gasteiger charge is -2.12. The molecule has 2 rings (SSSR count). The highest BCUT2D eigenvalue weighted by Crippen LogP contribution is 2.28. The summed E-state index contributed by atoms with van der Waals surface area (Å²) >= 11 is 1.67. The van der Waals surface area contributed by atoms with Crippen molar-refractivity contribution in [1.82, 2.24) is 5.32 Å². The Morgan fingerprint density at radius 1 is 1.14 bits per heavy atom. The Kier molecular flexibility index (Phi) is 9.54. The quantitative estimate of drug-likeness (QED) is 0.186. The van der Waals surface area contributed by atoms with Gasteiger partial charge in [0.15, 0.2) is 11.5 Å². The molecule has 0 spiro atoms. The van der Waals surface area contributed by atoms with E-state index < -0.39 is 0 Å². The van der Waals surface area contributed by atoms with Gasteiger partial charge in [-0.2, -0.15) is 0 Å². The smallest absolute Gasteiger partial charge is 0.224 e. The van der Waals surface area contributed by atoms with Gasteiger partial charge in [-0.05, 0) is 53.7 Å². The molecule has 0 radical (unpaired) electrons. The van der Waals surface area contributed by atoms with E-state index in [-0.39, 0.29) is 25.5 Å². The Morgan fingerprint density at radius 3 is 2.62 bits per heavy atom. The van der Waals surface area contributed by atoms with Gasteiger partial charge in [0, 0.05) is 9.81 Å². The maximum absolute atomic E-state index is 12.1. The van der Waals surface area contributed by atoms with Crippen molar-refractivity contribution < 1.29 is 19.0 Å². The second-order valence-electron chi connectivity index (χ2n) is 5.84. The minimum atomic E-state index is -0.106. The van der Waals surface area contributed by atoms with Gasteiger partial charge in [0.1, 0.15) is 12.4 Å². The molecule has 9 heteroatoms. The fraction of sp³-hybridized carbons (Fsp3) is 0.350. The number of nitrogens with one attached hydrogen (secondary N) is 1. The summed E-state index contributed by atoms with van der Waals surface area (Å²) in [5.41, 5.74) is 9.07. The minimum Gasteiger partial charge on any atom is -0.493 e. The van der Waals surface area contributed by atoms with Crippen LogP contribution in [0.3, 0.4) is 0 Å². The van der Waals surface area contributed by atoms with Crippen molar-refractivity contribution >= 4 is 17.7 Å². The molecule has 8 nitrogen and oxygen atoms in total. The van der Waals surface area contributed by atoms with Crippen LogP contribution >= 0.6 is 11.8 Å². The number of hydrogen-bond acceptors (Lipinski definition) is 6. The first-order valence-corrected chi connectivity index (χ1v) is 10.2. The topological polar surface area (TPSA) is 106 Å². The van der Waals surface area contributed by atoms with Crippen LogP contribution in [0.1, 0.15) is 5.56 Å². The minimum absolute atomic E-state index is 0.106. The van der Waals surface area contributed by atoms with Gasteiger partial charge in [-0.25, -0.2) is 0 Å². The van der Waals surface area contributed by atoms with Crippen LogP contribution in [0.2, 0.25) is 0 Å². The molecule has 0 heterocycles. The Hall–Kier alpha value is -3.03. The maximum Gasteiger partial charge on any atom is 0.224 e. The zero-order valence-electron chi connectivity index (χ0n) is 16.5. The molecule has 0 atom stereocenters. The van der Waals surface area contributed by atoms with E-state index in [1.54, 1.807) is 30.0 Å². The van der Waals surface area contributed by atoms with Crippen LogP contribution in [0, 0.1) is 0 Å². The van der Waals surface area contributed by atoms with Crippen molar-refractivity contribution in [3.8, 4) is 17.2 Å². The van der Waals surface area contributed by atoms with Crippen molar-refractivity contribution in [2.45, 2.75) is 11.3 Å². The van der Waals surface area contributed by atoms with Gasteiger partial charge in [0.05, 0.1) is 33.2 Å². The van der Waals surface area contributed by atoms with Crippen LogP contribution in [0.4, 0.5) is 0 Å². The number of amides is 1. The number of rotatable bonds is 12. The normalized spacial score (nSPS) is 10.0. The standard InChI is InChI=1S/C20H24N4O4S/c1-26-19-13-15(3-8-18(19)28-12-10-23-24-21)14-20(25)22-9-11-27-16-4-6-17(29-2)7-5-16/h3-8,13H,9-12,14H2,1-2H3,(H,22,25). The molecule has 0 fully saturated rings. The molecule has 29 heavy (non-hydrogen) atoms. The molecular weight excluding hydrogens is 392 g/mol. The molecule has 0 aliphatic rings. The average Bonchev–Trinajstić information content (AvgIpc) is 2.75. The first kappa shape index (κ1) is 22.3. The molecule has 0 saturated carbocycles. The lowest BCUT2D eigenvalue weighted by molar-refractivity contribution is -0.120. The summed E-state index contributed by atoms with van der Waals surface area (Å²) in [6.45, 7) is 1.29. The molecule has 0 unspecified atom stereocenters. The first-order valence-electron chi connectivity index (χ1n) is 9.00. The SMILES string of the molecule is COc1cc(CC(=O)NCCOc2ccc(SC)cc2)ccc1OCCN=[N+]=[N-]. The number of carbonyl (C=O) groups excluding carboxylic acids is 1. The van der Waals surface area contributed by atoms with Crippen LogP contribution < -0.4 is 19.5 Å². The van der Waals surface area contributed by atoms with Crippen LogP contribution in [0.15, 0.2) is 52.5 Å². The van der Waals surface area contributed by atoms with E-state index in [4.69, 9.17) is 19.7 Å². The van der Waals surface area contributed by atoms with Crippen LogP contribution in [0.25, 0.3) is 10.4 Å². The van der Waals surface area contributed by atoms with Crippen LogP contribution in [-0.2, 0) is 11.2 Å². The van der Waals surface area contributed by atoms with Crippen LogP contribution in [0.5, 0.6) is 17.2 Å². The van der Waals surface area contributed by atoms with E-state index in [2.05, 4.69) is 15.3 Å². The maximum atomic E-state index is 12.1. The van der Waals surface area contributed by atoms with E-state index in [0.29, 0.717) is 24.7 Å². The fourth-order valence-electron chi connectivity index (χ4n) is 2.46. The van der Waals surface area contributed by atoms with Gasteiger partial charge in [-0.1, -0.05) is 11.2 Å². The first-order chi connectivity index (χ1) is 14.2. The lowest BCUT2D eigenvalue weighted by atomic mass is 10.1. The molecule has 2 aromatic carbocycles. The zero-order valence-corrected chi connectivity index (χ0v) is 17.3. The van der Waals surface area contributed by atoms with Crippen LogP contribution in [-0.4, -0.2) is 45.6 Å². The Labute approximate surface area is 174 Å². The number of nitrogens with zero attached hydrogens (tertiary/aromatic N) is 3. The molecule has 0 bridgehead atoms. The molecule has 0 aliphatic carbocycles. The van der Waals surface area contributed by atoms with Gasteiger partial charge in [-0.15, -0.1) is 11.8 Å². The van der Waals surface area contributed by atoms with Crippen molar-refractivity contribution in [3.63, 3.8) is 0 Å². The largest absolute Gasteiger partial charge is 0.493 e. The molecule has 2 aromatic rings. The van der Waals surface area contributed by atoms with E-state index >= 15 is 0 Å². The van der Waals surface area contributed by atoms with Gasteiger partial charge < -0.3 is 19.5 Å². The molecule has 0 saturated heterocycles. The lowest BCUT2D eigenvalue weighted by Crippen LogP contribution is -2.29. The predicted molar refractivity (Wildman–Crippen MR) is 113 cm³/mol.